The summed E-state index contributed by atoms with van der Waals surface area (Å²) >= 11 is 0. The van der Waals surface area contributed by atoms with Gasteiger partial charge in [0.25, 0.3) is 0 Å². The Labute approximate surface area is 126 Å². The van der Waals surface area contributed by atoms with Crippen molar-refractivity contribution in [3.8, 4) is 0 Å². The average Bonchev–Trinajstić information content (AvgIpc) is 2.94. The average molecular weight is 307 g/mol. The van der Waals surface area contributed by atoms with Crippen LogP contribution in [0.25, 0.3) is 0 Å². The summed E-state index contributed by atoms with van der Waals surface area (Å²) in [6.45, 7) is 5.42. The molecule has 0 saturated carbocycles. The highest BCUT2D eigenvalue weighted by Gasteiger charge is 2.06. The fourth-order valence-corrected chi connectivity index (χ4v) is 2.54. The maximum atomic E-state index is 11.5. The summed E-state index contributed by atoms with van der Waals surface area (Å²) in [5.74, 6) is 0.0709. The van der Waals surface area contributed by atoms with Gasteiger partial charge in [0.15, 0.2) is 0 Å². The molecular weight excluding hydrogens is 286 g/mol. The number of aromatic nitrogens is 1. The highest BCUT2D eigenvalue weighted by molar-refractivity contribution is 7.92. The molecular formula is C15H21N3O2S. The number of sulfonamides is 1. The van der Waals surface area contributed by atoms with Crippen molar-refractivity contribution in [2.75, 3.05) is 15.8 Å². The fourth-order valence-electron chi connectivity index (χ4n) is 1.90. The molecule has 1 aromatic carbocycles. The quantitative estimate of drug-likeness (QED) is 0.827. The van der Waals surface area contributed by atoms with Gasteiger partial charge in [-0.2, -0.15) is 0 Å². The van der Waals surface area contributed by atoms with E-state index in [1.165, 1.54) is 5.56 Å². The number of hydrogen-bond donors (Lipinski definition) is 2. The van der Waals surface area contributed by atoms with Gasteiger partial charge in [-0.1, -0.05) is 0 Å². The molecule has 0 fully saturated rings. The number of nitrogens with zero attached hydrogens (tertiary/aromatic N) is 1. The first-order chi connectivity index (χ1) is 10.0. The molecule has 0 amide bonds. The summed E-state index contributed by atoms with van der Waals surface area (Å²) in [4.78, 5) is 0. The first kappa shape index (κ1) is 15.4. The molecule has 0 unspecified atom stereocenters. The second kappa shape index (κ2) is 6.67. The summed E-state index contributed by atoms with van der Waals surface area (Å²) in [5.41, 5.74) is 2.76. The number of aryl methyl sites for hydroxylation is 1. The lowest BCUT2D eigenvalue weighted by atomic mass is 10.2. The van der Waals surface area contributed by atoms with Crippen molar-refractivity contribution in [1.29, 1.82) is 0 Å². The van der Waals surface area contributed by atoms with Crippen LogP contribution in [0, 0.1) is 0 Å². The minimum atomic E-state index is -3.21. The molecule has 0 aliphatic carbocycles. The van der Waals surface area contributed by atoms with Crippen LogP contribution >= 0.6 is 0 Å². The van der Waals surface area contributed by atoms with Crippen LogP contribution in [0.2, 0.25) is 0 Å². The monoisotopic (exact) mass is 307 g/mol. The summed E-state index contributed by atoms with van der Waals surface area (Å²) in [7, 11) is -3.21. The van der Waals surface area contributed by atoms with Crippen molar-refractivity contribution in [2.24, 2.45) is 0 Å². The zero-order chi connectivity index (χ0) is 15.3. The lowest BCUT2D eigenvalue weighted by Gasteiger charge is -2.08. The van der Waals surface area contributed by atoms with E-state index in [0.717, 1.165) is 18.8 Å². The smallest absolute Gasteiger partial charge is 0.232 e. The number of nitrogens with one attached hydrogen (secondary N) is 2. The Kier molecular flexibility index (Phi) is 4.90. The van der Waals surface area contributed by atoms with Crippen LogP contribution in [0.1, 0.15) is 19.4 Å². The lowest BCUT2D eigenvalue weighted by molar-refractivity contribution is 0.602. The first-order valence-electron chi connectivity index (χ1n) is 7.01. The molecule has 0 bridgehead atoms. The van der Waals surface area contributed by atoms with Crippen molar-refractivity contribution in [3.63, 3.8) is 0 Å². The molecule has 1 heterocycles. The van der Waals surface area contributed by atoms with E-state index >= 15 is 0 Å². The SMILES string of the molecule is CCn1ccc(CNc2ccc(NS(=O)(=O)CC)cc2)c1. The molecule has 0 aliphatic rings. The van der Waals surface area contributed by atoms with E-state index in [1.807, 2.05) is 12.1 Å². The number of anilines is 2. The summed E-state index contributed by atoms with van der Waals surface area (Å²) in [5, 5.41) is 3.31. The van der Waals surface area contributed by atoms with E-state index < -0.39 is 10.0 Å². The topological polar surface area (TPSA) is 63.1 Å². The molecule has 21 heavy (non-hydrogen) atoms. The Bertz CT molecular complexity index is 675. The van der Waals surface area contributed by atoms with Crippen molar-refractivity contribution in [1.82, 2.24) is 4.57 Å². The first-order valence-corrected chi connectivity index (χ1v) is 8.66. The Morgan fingerprint density at radius 3 is 2.29 bits per heavy atom. The predicted molar refractivity (Wildman–Crippen MR) is 87.0 cm³/mol. The Hall–Kier alpha value is -1.95. The van der Waals surface area contributed by atoms with Gasteiger partial charge in [0.2, 0.25) is 10.0 Å². The molecule has 2 N–H and O–H groups in total. The Balaban J connectivity index is 1.93. The van der Waals surface area contributed by atoms with Gasteiger partial charge in [0, 0.05) is 36.9 Å². The van der Waals surface area contributed by atoms with E-state index in [2.05, 4.69) is 40.0 Å². The third-order valence-electron chi connectivity index (χ3n) is 3.21. The molecule has 0 radical (unpaired) electrons. The van der Waals surface area contributed by atoms with E-state index in [0.29, 0.717) is 5.69 Å². The molecule has 6 heteroatoms. The van der Waals surface area contributed by atoms with Gasteiger partial charge in [-0.25, -0.2) is 8.42 Å². The third-order valence-corrected chi connectivity index (χ3v) is 4.52. The minimum Gasteiger partial charge on any atom is -0.381 e. The van der Waals surface area contributed by atoms with E-state index in [4.69, 9.17) is 0 Å². The van der Waals surface area contributed by atoms with Crippen LogP contribution < -0.4 is 10.0 Å². The third kappa shape index (κ3) is 4.53. The molecule has 114 valence electrons. The van der Waals surface area contributed by atoms with Gasteiger partial charge in [-0.3, -0.25) is 4.72 Å². The maximum Gasteiger partial charge on any atom is 0.232 e. The van der Waals surface area contributed by atoms with E-state index in [1.54, 1.807) is 19.1 Å². The summed E-state index contributed by atoms with van der Waals surface area (Å²) in [6.07, 6.45) is 4.16. The van der Waals surface area contributed by atoms with Crippen LogP contribution in [0.4, 0.5) is 11.4 Å². The molecule has 5 nitrogen and oxygen atoms in total. The summed E-state index contributed by atoms with van der Waals surface area (Å²) < 4.78 is 27.6. The van der Waals surface area contributed by atoms with Crippen LogP contribution in [0.3, 0.4) is 0 Å². The Morgan fingerprint density at radius 2 is 1.71 bits per heavy atom. The maximum absolute atomic E-state index is 11.5. The van der Waals surface area contributed by atoms with Gasteiger partial charge in [0.1, 0.15) is 0 Å². The Morgan fingerprint density at radius 1 is 1.05 bits per heavy atom. The minimum absolute atomic E-state index is 0.0709. The van der Waals surface area contributed by atoms with E-state index in [9.17, 15) is 8.42 Å². The number of benzene rings is 1. The van der Waals surface area contributed by atoms with Crippen molar-refractivity contribution >= 4 is 21.4 Å². The molecule has 2 aromatic rings. The van der Waals surface area contributed by atoms with Crippen molar-refractivity contribution in [3.05, 3.63) is 48.3 Å². The fraction of sp³-hybridized carbons (Fsp3) is 0.333. The molecule has 0 atom stereocenters. The van der Waals surface area contributed by atoms with Gasteiger partial charge in [-0.05, 0) is 49.7 Å². The van der Waals surface area contributed by atoms with Crippen molar-refractivity contribution in [2.45, 2.75) is 26.9 Å². The van der Waals surface area contributed by atoms with Gasteiger partial charge >= 0.3 is 0 Å². The highest BCUT2D eigenvalue weighted by Crippen LogP contribution is 2.16. The molecule has 0 aliphatic heterocycles. The number of rotatable bonds is 7. The molecule has 0 spiro atoms. The van der Waals surface area contributed by atoms with Crippen LogP contribution in [-0.2, 0) is 23.1 Å². The number of hydrogen-bond acceptors (Lipinski definition) is 3. The van der Waals surface area contributed by atoms with Gasteiger partial charge < -0.3 is 9.88 Å². The normalized spacial score (nSPS) is 11.3. The molecule has 2 rings (SSSR count). The van der Waals surface area contributed by atoms with E-state index in [-0.39, 0.29) is 5.75 Å². The second-order valence-electron chi connectivity index (χ2n) is 4.79. The standard InChI is InChI=1S/C15H21N3O2S/c1-3-18-10-9-13(12-18)11-16-14-5-7-15(8-6-14)17-21(19,20)4-2/h5-10,12,16-17H,3-4,11H2,1-2H3. The highest BCUT2D eigenvalue weighted by atomic mass is 32.2. The van der Waals surface area contributed by atoms with Crippen LogP contribution in [-0.4, -0.2) is 18.7 Å². The zero-order valence-corrected chi connectivity index (χ0v) is 13.2. The predicted octanol–water partition coefficient (Wildman–Crippen LogP) is 2.88. The van der Waals surface area contributed by atoms with Crippen LogP contribution in [0.5, 0.6) is 0 Å². The lowest BCUT2D eigenvalue weighted by Crippen LogP contribution is -2.14. The van der Waals surface area contributed by atoms with Gasteiger partial charge in [-0.15, -0.1) is 0 Å². The van der Waals surface area contributed by atoms with Crippen molar-refractivity contribution < 1.29 is 8.42 Å². The second-order valence-corrected chi connectivity index (χ2v) is 6.80. The van der Waals surface area contributed by atoms with Gasteiger partial charge in [0.05, 0.1) is 5.75 Å². The summed E-state index contributed by atoms with van der Waals surface area (Å²) in [6, 6.07) is 9.33. The molecule has 0 saturated heterocycles. The zero-order valence-electron chi connectivity index (χ0n) is 12.3. The largest absolute Gasteiger partial charge is 0.381 e. The van der Waals surface area contributed by atoms with Crippen LogP contribution in [0.15, 0.2) is 42.7 Å². The molecule has 1 aromatic heterocycles.